The second-order valence-corrected chi connectivity index (χ2v) is 15.8. The summed E-state index contributed by atoms with van der Waals surface area (Å²) in [4.78, 5) is 15.5. The van der Waals surface area contributed by atoms with Crippen LogP contribution in [0.2, 0.25) is 0 Å². The Morgan fingerprint density at radius 3 is 1.08 bits per heavy atom. The normalized spacial score (nSPS) is 12.0. The lowest BCUT2D eigenvalue weighted by Crippen LogP contribution is -2.10. The summed E-state index contributed by atoms with van der Waals surface area (Å²) in [7, 11) is 0. The lowest BCUT2D eigenvalue weighted by molar-refractivity contribution is 0.590. The summed E-state index contributed by atoms with van der Waals surface area (Å²) < 4.78 is 0. The van der Waals surface area contributed by atoms with Gasteiger partial charge in [0.15, 0.2) is 17.5 Å². The first-order chi connectivity index (χ1) is 23.1. The molecular weight excluding hydrogens is 595 g/mol. The van der Waals surface area contributed by atoms with E-state index in [1.807, 2.05) is 0 Å². The van der Waals surface area contributed by atoms with Gasteiger partial charge in [0.05, 0.1) is 0 Å². The van der Waals surface area contributed by atoms with Gasteiger partial charge in [0.25, 0.3) is 0 Å². The fourth-order valence-electron chi connectivity index (χ4n) is 6.62. The summed E-state index contributed by atoms with van der Waals surface area (Å²) >= 11 is 0. The lowest BCUT2D eigenvalue weighted by atomic mass is 9.84. The minimum Gasteiger partial charge on any atom is -0.208 e. The zero-order valence-corrected chi connectivity index (χ0v) is 31.1. The van der Waals surface area contributed by atoms with Crippen LogP contribution >= 0.6 is 0 Å². The highest BCUT2D eigenvalue weighted by molar-refractivity contribution is 5.84. The molecule has 5 aromatic carbocycles. The number of benzene rings is 5. The van der Waals surface area contributed by atoms with Crippen LogP contribution in [0.25, 0.3) is 56.4 Å². The van der Waals surface area contributed by atoms with Crippen LogP contribution in [-0.2, 0) is 10.8 Å². The first-order valence-corrected chi connectivity index (χ1v) is 17.4. The molecule has 0 amide bonds. The molecule has 6 rings (SSSR count). The van der Waals surface area contributed by atoms with E-state index in [1.54, 1.807) is 0 Å². The lowest BCUT2D eigenvalue weighted by Gasteiger charge is -2.21. The van der Waals surface area contributed by atoms with Crippen molar-refractivity contribution in [2.45, 2.75) is 87.0 Å². The van der Waals surface area contributed by atoms with Gasteiger partial charge in [0.2, 0.25) is 0 Å². The maximum absolute atomic E-state index is 5.21. The van der Waals surface area contributed by atoms with Crippen molar-refractivity contribution in [3.05, 3.63) is 136 Å². The predicted octanol–water partition coefficient (Wildman–Crippen LogP) is 12.3. The molecule has 3 heteroatoms. The van der Waals surface area contributed by atoms with Crippen LogP contribution in [0.4, 0.5) is 0 Å². The Bertz CT molecular complexity index is 2010. The summed E-state index contributed by atoms with van der Waals surface area (Å²) in [5.74, 6) is 2.04. The number of hydrogen-bond acceptors (Lipinski definition) is 3. The molecule has 0 saturated heterocycles. The van der Waals surface area contributed by atoms with E-state index in [2.05, 4.69) is 173 Å². The van der Waals surface area contributed by atoms with Gasteiger partial charge in [-0.25, -0.2) is 15.0 Å². The Kier molecular flexibility index (Phi) is 8.92. The maximum atomic E-state index is 5.21. The van der Waals surface area contributed by atoms with Crippen LogP contribution in [0.5, 0.6) is 0 Å². The van der Waals surface area contributed by atoms with Crippen molar-refractivity contribution < 1.29 is 0 Å². The topological polar surface area (TPSA) is 38.7 Å². The Balaban J connectivity index is 1.62. The maximum Gasteiger partial charge on any atom is 0.164 e. The van der Waals surface area contributed by atoms with E-state index in [4.69, 9.17) is 15.0 Å². The molecule has 1 heterocycles. The minimum absolute atomic E-state index is 0.0787. The van der Waals surface area contributed by atoms with Gasteiger partial charge in [-0.1, -0.05) is 138 Å². The second-order valence-electron chi connectivity index (χ2n) is 15.8. The van der Waals surface area contributed by atoms with Crippen molar-refractivity contribution >= 4 is 0 Å². The average Bonchev–Trinajstić information content (AvgIpc) is 3.04. The number of hydrogen-bond donors (Lipinski definition) is 0. The molecule has 0 aliphatic carbocycles. The zero-order valence-electron chi connectivity index (χ0n) is 31.1. The highest BCUT2D eigenvalue weighted by Crippen LogP contribution is 2.39. The van der Waals surface area contributed by atoms with E-state index >= 15 is 0 Å². The molecule has 0 unspecified atom stereocenters. The van der Waals surface area contributed by atoms with Crippen LogP contribution in [-0.4, -0.2) is 15.0 Å². The molecule has 0 bridgehead atoms. The van der Waals surface area contributed by atoms with Crippen molar-refractivity contribution in [3.8, 4) is 56.4 Å². The van der Waals surface area contributed by atoms with Crippen molar-refractivity contribution in [1.29, 1.82) is 0 Å². The molecule has 0 N–H and O–H groups in total. The first kappa shape index (κ1) is 34.0. The summed E-state index contributed by atoms with van der Waals surface area (Å²) in [6.45, 7) is 24.3. The van der Waals surface area contributed by atoms with Crippen molar-refractivity contribution in [1.82, 2.24) is 15.0 Å². The Morgan fingerprint density at radius 2 is 0.735 bits per heavy atom. The molecule has 6 aromatic rings. The smallest absolute Gasteiger partial charge is 0.164 e. The minimum atomic E-state index is 0.0787. The number of aromatic nitrogens is 3. The van der Waals surface area contributed by atoms with Crippen molar-refractivity contribution in [3.63, 3.8) is 0 Å². The highest BCUT2D eigenvalue weighted by Gasteiger charge is 2.20. The van der Waals surface area contributed by atoms with Crippen molar-refractivity contribution in [2.24, 2.45) is 0 Å². The molecule has 0 spiro atoms. The van der Waals surface area contributed by atoms with E-state index in [0.717, 1.165) is 27.8 Å². The monoisotopic (exact) mass is 643 g/mol. The Hall–Kier alpha value is -4.89. The quantitative estimate of drug-likeness (QED) is 0.188. The third-order valence-electron chi connectivity index (χ3n) is 9.67. The molecule has 1 aromatic heterocycles. The van der Waals surface area contributed by atoms with E-state index in [-0.39, 0.29) is 10.8 Å². The molecule has 248 valence electrons. The largest absolute Gasteiger partial charge is 0.208 e. The average molecular weight is 644 g/mol. The van der Waals surface area contributed by atoms with Crippen LogP contribution in [0.15, 0.2) is 97.1 Å². The molecule has 0 aliphatic heterocycles. The van der Waals surface area contributed by atoms with E-state index in [1.165, 1.54) is 50.1 Å². The van der Waals surface area contributed by atoms with Gasteiger partial charge in [-0.15, -0.1) is 0 Å². The zero-order chi connectivity index (χ0) is 35.2. The first-order valence-electron chi connectivity index (χ1n) is 17.4. The second kappa shape index (κ2) is 12.9. The van der Waals surface area contributed by atoms with Crippen molar-refractivity contribution in [2.75, 3.05) is 0 Å². The summed E-state index contributed by atoms with van der Waals surface area (Å²) in [5.41, 5.74) is 16.5. The van der Waals surface area contributed by atoms with Gasteiger partial charge in [-0.05, 0) is 108 Å². The van der Waals surface area contributed by atoms with Crippen LogP contribution < -0.4 is 0 Å². The summed E-state index contributed by atoms with van der Waals surface area (Å²) in [6, 6.07) is 35.5. The van der Waals surface area contributed by atoms with Gasteiger partial charge >= 0.3 is 0 Å². The molecule has 3 nitrogen and oxygen atoms in total. The van der Waals surface area contributed by atoms with E-state index in [9.17, 15) is 0 Å². The molecular formula is C46H49N3. The van der Waals surface area contributed by atoms with Gasteiger partial charge in [0.1, 0.15) is 0 Å². The van der Waals surface area contributed by atoms with Gasteiger partial charge in [0, 0.05) is 16.7 Å². The molecule has 0 radical (unpaired) electrons. The predicted molar refractivity (Wildman–Crippen MR) is 208 cm³/mol. The molecule has 0 atom stereocenters. The van der Waals surface area contributed by atoms with Gasteiger partial charge in [-0.3, -0.25) is 0 Å². The third kappa shape index (κ3) is 7.13. The Labute approximate surface area is 293 Å². The van der Waals surface area contributed by atoms with E-state index < -0.39 is 0 Å². The van der Waals surface area contributed by atoms with Gasteiger partial charge in [-0.2, -0.15) is 0 Å². The van der Waals surface area contributed by atoms with Crippen LogP contribution in [0, 0.1) is 34.6 Å². The summed E-state index contributed by atoms with van der Waals surface area (Å²) in [6.07, 6.45) is 0. The number of rotatable bonds is 5. The molecule has 0 aliphatic rings. The van der Waals surface area contributed by atoms with Gasteiger partial charge < -0.3 is 0 Å². The fourth-order valence-corrected chi connectivity index (χ4v) is 6.62. The third-order valence-corrected chi connectivity index (χ3v) is 9.67. The standard InChI is InChI=1S/C46H49N3/c1-28-12-22-38(30(3)24-28)43-47-42(48-44(49-43)39-23-13-29(2)25-31(39)4)35-26-40(33-14-18-36(19-15-33)45(6,7)8)32(5)41(27-35)34-16-20-37(21-17-34)46(9,10)11/h12-27H,1-11H3. The molecule has 0 fully saturated rings. The Morgan fingerprint density at radius 1 is 0.367 bits per heavy atom. The number of aryl methyl sites for hydroxylation is 4. The highest BCUT2D eigenvalue weighted by atomic mass is 15.0. The molecule has 0 saturated carbocycles. The SMILES string of the molecule is Cc1ccc(-c2nc(-c3cc(-c4ccc(C(C)(C)C)cc4)c(C)c(-c4ccc(C(C)(C)C)cc4)c3)nc(-c3ccc(C)cc3C)n2)c(C)c1. The summed E-state index contributed by atoms with van der Waals surface area (Å²) in [5, 5.41) is 0. The fraction of sp³-hybridized carbons (Fsp3) is 0.283. The van der Waals surface area contributed by atoms with Crippen LogP contribution in [0.3, 0.4) is 0 Å². The van der Waals surface area contributed by atoms with E-state index in [0.29, 0.717) is 17.5 Å². The van der Waals surface area contributed by atoms with Crippen LogP contribution in [0.1, 0.15) is 80.5 Å². The molecule has 49 heavy (non-hydrogen) atoms. The number of nitrogens with zero attached hydrogens (tertiary/aromatic N) is 3.